The van der Waals surface area contributed by atoms with Crippen LogP contribution in [0.4, 0.5) is 8.78 Å². The molecular formula is C9H9F2NO2. The third-order valence-corrected chi connectivity index (χ3v) is 1.69. The molecule has 5 heteroatoms. The Balaban J connectivity index is 2.83. The van der Waals surface area contributed by atoms with Crippen molar-refractivity contribution in [3.8, 4) is 0 Å². The number of rotatable bonds is 3. The first-order chi connectivity index (χ1) is 6.42. The van der Waals surface area contributed by atoms with Gasteiger partial charge in [-0.2, -0.15) is 8.78 Å². The van der Waals surface area contributed by atoms with Crippen molar-refractivity contribution < 1.29 is 18.7 Å². The third-order valence-electron chi connectivity index (χ3n) is 1.69. The summed E-state index contributed by atoms with van der Waals surface area (Å²) in [7, 11) is 0. The van der Waals surface area contributed by atoms with Gasteiger partial charge in [0.1, 0.15) is 0 Å². The first kappa shape index (κ1) is 10.6. The average Bonchev–Trinajstić information content (AvgIpc) is 2.02. The highest BCUT2D eigenvalue weighted by Gasteiger charge is 2.39. The normalized spacial score (nSPS) is 11.4. The molecule has 1 aromatic heterocycles. The van der Waals surface area contributed by atoms with E-state index in [1.54, 1.807) is 13.0 Å². The number of halogens is 2. The molecule has 0 unspecified atom stereocenters. The smallest absolute Gasteiger partial charge is 0.374 e. The van der Waals surface area contributed by atoms with E-state index in [-0.39, 0.29) is 5.69 Å². The van der Waals surface area contributed by atoms with E-state index in [0.29, 0.717) is 0 Å². The Labute approximate surface area is 79.4 Å². The van der Waals surface area contributed by atoms with E-state index in [1.165, 1.54) is 12.3 Å². The Kier molecular flexibility index (Phi) is 2.78. The van der Waals surface area contributed by atoms with E-state index < -0.39 is 18.3 Å². The van der Waals surface area contributed by atoms with Crippen molar-refractivity contribution in [3.63, 3.8) is 0 Å². The van der Waals surface area contributed by atoms with Crippen molar-refractivity contribution in [2.75, 3.05) is 0 Å². The number of alkyl halides is 2. The van der Waals surface area contributed by atoms with Crippen LogP contribution in [0.15, 0.2) is 18.3 Å². The lowest BCUT2D eigenvalue weighted by atomic mass is 10.1. The molecular weight excluding hydrogens is 192 g/mol. The Morgan fingerprint density at radius 3 is 2.79 bits per heavy atom. The molecule has 0 bridgehead atoms. The van der Waals surface area contributed by atoms with Crippen molar-refractivity contribution in [1.82, 2.24) is 4.98 Å². The van der Waals surface area contributed by atoms with Crippen molar-refractivity contribution in [1.29, 1.82) is 0 Å². The molecule has 0 radical (unpaired) electrons. The number of carboxylic acids is 1. The SMILES string of the molecule is Cc1ccnc(CC(F)(F)C(=O)O)c1. The number of aliphatic carboxylic acids is 1. The van der Waals surface area contributed by atoms with Gasteiger partial charge in [0.2, 0.25) is 0 Å². The second kappa shape index (κ2) is 3.69. The zero-order valence-corrected chi connectivity index (χ0v) is 7.50. The molecule has 0 saturated heterocycles. The minimum absolute atomic E-state index is 0.0809. The van der Waals surface area contributed by atoms with Crippen molar-refractivity contribution in [2.24, 2.45) is 0 Å². The summed E-state index contributed by atoms with van der Waals surface area (Å²) in [5.41, 5.74) is 0.855. The van der Waals surface area contributed by atoms with E-state index in [9.17, 15) is 13.6 Å². The molecule has 1 N–H and O–H groups in total. The Morgan fingerprint density at radius 2 is 2.29 bits per heavy atom. The number of hydrogen-bond acceptors (Lipinski definition) is 2. The van der Waals surface area contributed by atoms with Crippen LogP contribution in [-0.4, -0.2) is 22.0 Å². The van der Waals surface area contributed by atoms with Crippen LogP contribution in [0, 0.1) is 6.92 Å². The van der Waals surface area contributed by atoms with Crippen LogP contribution in [0.1, 0.15) is 11.3 Å². The van der Waals surface area contributed by atoms with Gasteiger partial charge in [-0.05, 0) is 24.6 Å². The summed E-state index contributed by atoms with van der Waals surface area (Å²) in [5.74, 6) is -5.87. The Bertz CT molecular complexity index is 352. The molecule has 3 nitrogen and oxygen atoms in total. The molecule has 1 rings (SSSR count). The zero-order valence-electron chi connectivity index (χ0n) is 7.50. The molecule has 0 fully saturated rings. The van der Waals surface area contributed by atoms with Gasteiger partial charge < -0.3 is 5.11 Å². The highest BCUT2D eigenvalue weighted by atomic mass is 19.3. The van der Waals surface area contributed by atoms with Crippen LogP contribution in [-0.2, 0) is 11.2 Å². The molecule has 0 atom stereocenters. The highest BCUT2D eigenvalue weighted by Crippen LogP contribution is 2.19. The quantitative estimate of drug-likeness (QED) is 0.808. The maximum Gasteiger partial charge on any atom is 0.374 e. The Morgan fingerprint density at radius 1 is 1.64 bits per heavy atom. The van der Waals surface area contributed by atoms with Crippen LogP contribution in [0.2, 0.25) is 0 Å². The summed E-state index contributed by atoms with van der Waals surface area (Å²) in [4.78, 5) is 13.8. The topological polar surface area (TPSA) is 50.2 Å². The maximum atomic E-state index is 12.7. The standard InChI is InChI=1S/C9H9F2NO2/c1-6-2-3-12-7(4-6)5-9(10,11)8(13)14/h2-4H,5H2,1H3,(H,13,14). The number of carbonyl (C=O) groups is 1. The first-order valence-electron chi connectivity index (χ1n) is 3.94. The minimum Gasteiger partial charge on any atom is -0.477 e. The van der Waals surface area contributed by atoms with Crippen LogP contribution >= 0.6 is 0 Å². The molecule has 0 aliphatic carbocycles. The van der Waals surface area contributed by atoms with Gasteiger partial charge in [-0.3, -0.25) is 4.98 Å². The number of hydrogen-bond donors (Lipinski definition) is 1. The molecule has 0 aromatic carbocycles. The van der Waals surface area contributed by atoms with Crippen LogP contribution in [0.3, 0.4) is 0 Å². The second-order valence-electron chi connectivity index (χ2n) is 3.01. The molecule has 0 saturated carbocycles. The fourth-order valence-corrected chi connectivity index (χ4v) is 0.999. The predicted octanol–water partition coefficient (Wildman–Crippen LogP) is 1.65. The summed E-state index contributed by atoms with van der Waals surface area (Å²) in [6.45, 7) is 1.73. The van der Waals surface area contributed by atoms with E-state index in [4.69, 9.17) is 5.11 Å². The lowest BCUT2D eigenvalue weighted by Gasteiger charge is -2.10. The summed E-state index contributed by atoms with van der Waals surface area (Å²) in [5, 5.41) is 8.19. The molecule has 1 heterocycles. The summed E-state index contributed by atoms with van der Waals surface area (Å²) >= 11 is 0. The minimum atomic E-state index is -3.75. The fraction of sp³-hybridized carbons (Fsp3) is 0.333. The van der Waals surface area contributed by atoms with Crippen LogP contribution in [0.25, 0.3) is 0 Å². The molecule has 14 heavy (non-hydrogen) atoms. The predicted molar refractivity (Wildman–Crippen MR) is 45.3 cm³/mol. The lowest BCUT2D eigenvalue weighted by molar-refractivity contribution is -0.164. The van der Waals surface area contributed by atoms with Crippen LogP contribution < -0.4 is 0 Å². The Hall–Kier alpha value is -1.52. The number of nitrogens with zero attached hydrogens (tertiary/aromatic N) is 1. The molecule has 0 spiro atoms. The van der Waals surface area contributed by atoms with E-state index >= 15 is 0 Å². The number of pyridine rings is 1. The largest absolute Gasteiger partial charge is 0.477 e. The van der Waals surface area contributed by atoms with E-state index in [2.05, 4.69) is 4.98 Å². The molecule has 1 aromatic rings. The lowest BCUT2D eigenvalue weighted by Crippen LogP contribution is -2.31. The van der Waals surface area contributed by atoms with Gasteiger partial charge in [0.15, 0.2) is 0 Å². The average molecular weight is 201 g/mol. The number of carboxylic acid groups (broad SMARTS) is 1. The first-order valence-corrected chi connectivity index (χ1v) is 3.94. The van der Waals surface area contributed by atoms with Gasteiger partial charge >= 0.3 is 11.9 Å². The van der Waals surface area contributed by atoms with Gasteiger partial charge in [0.05, 0.1) is 6.42 Å². The summed E-state index contributed by atoms with van der Waals surface area (Å²) < 4.78 is 25.4. The third kappa shape index (κ3) is 2.48. The summed E-state index contributed by atoms with van der Waals surface area (Å²) in [6.07, 6.45) is 0.507. The van der Waals surface area contributed by atoms with Gasteiger partial charge in [0.25, 0.3) is 0 Å². The van der Waals surface area contributed by atoms with Crippen molar-refractivity contribution in [2.45, 2.75) is 19.3 Å². The van der Waals surface area contributed by atoms with Gasteiger partial charge in [-0.15, -0.1) is 0 Å². The van der Waals surface area contributed by atoms with Crippen LogP contribution in [0.5, 0.6) is 0 Å². The van der Waals surface area contributed by atoms with Gasteiger partial charge in [0, 0.05) is 11.9 Å². The zero-order chi connectivity index (χ0) is 10.8. The highest BCUT2D eigenvalue weighted by molar-refractivity contribution is 5.75. The fourth-order valence-electron chi connectivity index (χ4n) is 0.999. The number of aromatic nitrogens is 1. The molecule has 0 amide bonds. The second-order valence-corrected chi connectivity index (χ2v) is 3.01. The van der Waals surface area contributed by atoms with Crippen molar-refractivity contribution in [3.05, 3.63) is 29.6 Å². The van der Waals surface area contributed by atoms with Gasteiger partial charge in [-0.1, -0.05) is 0 Å². The monoisotopic (exact) mass is 201 g/mol. The van der Waals surface area contributed by atoms with Crippen molar-refractivity contribution >= 4 is 5.97 Å². The molecule has 0 aliphatic heterocycles. The summed E-state index contributed by atoms with van der Waals surface area (Å²) in [6, 6.07) is 3.10. The van der Waals surface area contributed by atoms with Gasteiger partial charge in [-0.25, -0.2) is 4.79 Å². The molecule has 76 valence electrons. The van der Waals surface area contributed by atoms with E-state index in [0.717, 1.165) is 5.56 Å². The van der Waals surface area contributed by atoms with E-state index in [1.807, 2.05) is 0 Å². The number of aryl methyl sites for hydroxylation is 1. The molecule has 0 aliphatic rings. The maximum absolute atomic E-state index is 12.7.